The Labute approximate surface area is 100 Å². The van der Waals surface area contributed by atoms with Crippen molar-refractivity contribution in [3.63, 3.8) is 0 Å². The second-order valence-electron chi connectivity index (χ2n) is 3.33. The van der Waals surface area contributed by atoms with E-state index in [2.05, 4.69) is 0 Å². The first-order valence-corrected chi connectivity index (χ1v) is 5.56. The van der Waals surface area contributed by atoms with Crippen molar-refractivity contribution in [1.82, 2.24) is 4.90 Å². The van der Waals surface area contributed by atoms with Gasteiger partial charge in [-0.15, -0.1) is 11.6 Å². The lowest BCUT2D eigenvalue weighted by atomic mass is 10.2. The largest absolute Gasteiger partial charge is 0.325 e. The molecule has 0 heterocycles. The van der Waals surface area contributed by atoms with Gasteiger partial charge in [-0.2, -0.15) is 5.26 Å². The number of hydrogen-bond acceptors (Lipinski definition) is 2. The van der Waals surface area contributed by atoms with Gasteiger partial charge < -0.3 is 4.90 Å². The smallest absolute Gasteiger partial charge is 0.224 e. The number of alkyl halides is 1. The average Bonchev–Trinajstić information content (AvgIpc) is 2.30. The van der Waals surface area contributed by atoms with Crippen molar-refractivity contribution in [3.8, 4) is 6.07 Å². The van der Waals surface area contributed by atoms with Crippen molar-refractivity contribution in [2.75, 3.05) is 12.4 Å². The van der Waals surface area contributed by atoms with Gasteiger partial charge in [-0.3, -0.25) is 4.79 Å². The van der Waals surface area contributed by atoms with Gasteiger partial charge in [-0.1, -0.05) is 30.3 Å². The van der Waals surface area contributed by atoms with Crippen molar-refractivity contribution < 1.29 is 4.79 Å². The molecule has 0 radical (unpaired) electrons. The molecule has 0 fully saturated rings. The molecule has 0 saturated heterocycles. The molecule has 1 aromatic carbocycles. The van der Waals surface area contributed by atoms with Crippen LogP contribution in [0.4, 0.5) is 0 Å². The number of hydrogen-bond donors (Lipinski definition) is 0. The van der Waals surface area contributed by atoms with Crippen LogP contribution in [0.3, 0.4) is 0 Å². The second kappa shape index (κ2) is 6.86. The highest BCUT2D eigenvalue weighted by Gasteiger charge is 2.12. The molecule has 0 N–H and O–H groups in total. The van der Waals surface area contributed by atoms with Gasteiger partial charge in [0.1, 0.15) is 6.54 Å². The summed E-state index contributed by atoms with van der Waals surface area (Å²) in [6, 6.07) is 11.6. The first-order chi connectivity index (χ1) is 7.77. The zero-order chi connectivity index (χ0) is 11.8. The molecule has 1 aromatic rings. The van der Waals surface area contributed by atoms with E-state index in [1.807, 2.05) is 36.4 Å². The van der Waals surface area contributed by atoms with Crippen molar-refractivity contribution >= 4 is 17.5 Å². The van der Waals surface area contributed by atoms with Gasteiger partial charge in [-0.05, 0) is 5.56 Å². The molecular formula is C12H13ClN2O. The Morgan fingerprint density at radius 1 is 1.38 bits per heavy atom. The molecular weight excluding hydrogens is 224 g/mol. The third-order valence-corrected chi connectivity index (χ3v) is 2.33. The average molecular weight is 237 g/mol. The number of nitrogens with zero attached hydrogens (tertiary/aromatic N) is 2. The Kier molecular flexibility index (Phi) is 5.38. The van der Waals surface area contributed by atoms with Crippen LogP contribution in [-0.4, -0.2) is 23.2 Å². The fraction of sp³-hybridized carbons (Fsp3) is 0.333. The molecule has 0 aromatic heterocycles. The maximum Gasteiger partial charge on any atom is 0.224 e. The molecule has 3 nitrogen and oxygen atoms in total. The van der Waals surface area contributed by atoms with E-state index >= 15 is 0 Å². The van der Waals surface area contributed by atoms with Gasteiger partial charge >= 0.3 is 0 Å². The molecule has 0 aliphatic rings. The summed E-state index contributed by atoms with van der Waals surface area (Å²) < 4.78 is 0. The van der Waals surface area contributed by atoms with E-state index in [1.165, 1.54) is 4.90 Å². The predicted molar refractivity (Wildman–Crippen MR) is 62.8 cm³/mol. The SMILES string of the molecule is N#CCN(Cc1ccccc1)C(=O)CCCl. The topological polar surface area (TPSA) is 44.1 Å². The molecule has 4 heteroatoms. The molecule has 1 rings (SSSR count). The normalized spacial score (nSPS) is 9.50. The lowest BCUT2D eigenvalue weighted by Crippen LogP contribution is -2.30. The van der Waals surface area contributed by atoms with Crippen LogP contribution in [0, 0.1) is 11.3 Å². The molecule has 0 aliphatic heterocycles. The molecule has 0 bridgehead atoms. The standard InChI is InChI=1S/C12H13ClN2O/c13-7-6-12(16)15(9-8-14)10-11-4-2-1-3-5-11/h1-5H,6-7,9-10H2. The van der Waals surface area contributed by atoms with Gasteiger partial charge in [0.2, 0.25) is 5.91 Å². The zero-order valence-corrected chi connectivity index (χ0v) is 9.65. The van der Waals surface area contributed by atoms with Crippen molar-refractivity contribution in [1.29, 1.82) is 5.26 Å². The zero-order valence-electron chi connectivity index (χ0n) is 8.90. The maximum atomic E-state index is 11.6. The summed E-state index contributed by atoms with van der Waals surface area (Å²) in [5.74, 6) is 0.204. The summed E-state index contributed by atoms with van der Waals surface area (Å²) in [6.07, 6.45) is 0.274. The summed E-state index contributed by atoms with van der Waals surface area (Å²) in [7, 11) is 0. The van der Waals surface area contributed by atoms with E-state index in [9.17, 15) is 4.79 Å². The van der Waals surface area contributed by atoms with Crippen LogP contribution in [0.15, 0.2) is 30.3 Å². The predicted octanol–water partition coefficient (Wildman–Crippen LogP) is 2.17. The maximum absolute atomic E-state index is 11.6. The van der Waals surface area contributed by atoms with E-state index in [1.54, 1.807) is 0 Å². The van der Waals surface area contributed by atoms with E-state index in [0.29, 0.717) is 6.54 Å². The minimum Gasteiger partial charge on any atom is -0.325 e. The number of halogens is 1. The Hall–Kier alpha value is -1.53. The Bertz CT molecular complexity index is 372. The summed E-state index contributed by atoms with van der Waals surface area (Å²) in [5.41, 5.74) is 1.01. The monoisotopic (exact) mass is 236 g/mol. The van der Waals surface area contributed by atoms with Gasteiger partial charge in [0, 0.05) is 18.8 Å². The lowest BCUT2D eigenvalue weighted by molar-refractivity contribution is -0.130. The van der Waals surface area contributed by atoms with Crippen LogP contribution < -0.4 is 0 Å². The number of nitriles is 1. The molecule has 0 spiro atoms. The van der Waals surface area contributed by atoms with Gasteiger partial charge in [-0.25, -0.2) is 0 Å². The highest BCUT2D eigenvalue weighted by Crippen LogP contribution is 2.06. The third kappa shape index (κ3) is 3.92. The van der Waals surface area contributed by atoms with Crippen LogP contribution in [0.2, 0.25) is 0 Å². The van der Waals surface area contributed by atoms with Crippen molar-refractivity contribution in [2.24, 2.45) is 0 Å². The number of carbonyl (C=O) groups is 1. The van der Waals surface area contributed by atoms with Crippen LogP contribution in [0.5, 0.6) is 0 Å². The van der Waals surface area contributed by atoms with Crippen LogP contribution in [0.25, 0.3) is 0 Å². The molecule has 1 amide bonds. The number of rotatable bonds is 5. The minimum atomic E-state index is -0.0830. The quantitative estimate of drug-likeness (QED) is 0.581. The van der Waals surface area contributed by atoms with E-state index in [-0.39, 0.29) is 24.8 Å². The summed E-state index contributed by atoms with van der Waals surface area (Å²) in [5, 5.41) is 8.65. The molecule has 84 valence electrons. The lowest BCUT2D eigenvalue weighted by Gasteiger charge is -2.19. The summed E-state index contributed by atoms with van der Waals surface area (Å²) in [6.45, 7) is 0.564. The summed E-state index contributed by atoms with van der Waals surface area (Å²) >= 11 is 5.51. The number of carbonyl (C=O) groups excluding carboxylic acids is 1. The molecule has 0 unspecified atom stereocenters. The third-order valence-electron chi connectivity index (χ3n) is 2.14. The van der Waals surface area contributed by atoms with E-state index in [4.69, 9.17) is 16.9 Å². The van der Waals surface area contributed by atoms with Gasteiger partial charge in [0.25, 0.3) is 0 Å². The number of benzene rings is 1. The van der Waals surface area contributed by atoms with Gasteiger partial charge in [0.15, 0.2) is 0 Å². The van der Waals surface area contributed by atoms with Gasteiger partial charge in [0.05, 0.1) is 6.07 Å². The Morgan fingerprint density at radius 2 is 2.06 bits per heavy atom. The first kappa shape index (κ1) is 12.5. The Morgan fingerprint density at radius 3 is 2.62 bits per heavy atom. The van der Waals surface area contributed by atoms with Crippen molar-refractivity contribution in [2.45, 2.75) is 13.0 Å². The van der Waals surface area contributed by atoms with Crippen molar-refractivity contribution in [3.05, 3.63) is 35.9 Å². The van der Waals surface area contributed by atoms with Crippen LogP contribution >= 0.6 is 11.6 Å². The molecule has 16 heavy (non-hydrogen) atoms. The highest BCUT2D eigenvalue weighted by molar-refractivity contribution is 6.18. The highest BCUT2D eigenvalue weighted by atomic mass is 35.5. The van der Waals surface area contributed by atoms with E-state index in [0.717, 1.165) is 5.56 Å². The molecule has 0 aliphatic carbocycles. The fourth-order valence-electron chi connectivity index (χ4n) is 1.36. The summed E-state index contributed by atoms with van der Waals surface area (Å²) in [4.78, 5) is 13.1. The van der Waals surface area contributed by atoms with Crippen LogP contribution in [-0.2, 0) is 11.3 Å². The second-order valence-corrected chi connectivity index (χ2v) is 3.71. The molecule has 0 atom stereocenters. The molecule has 0 saturated carbocycles. The number of amides is 1. The van der Waals surface area contributed by atoms with Crippen LogP contribution in [0.1, 0.15) is 12.0 Å². The Balaban J connectivity index is 2.65. The minimum absolute atomic E-state index is 0.0830. The van der Waals surface area contributed by atoms with E-state index < -0.39 is 0 Å². The fourth-order valence-corrected chi connectivity index (χ4v) is 1.52. The first-order valence-electron chi connectivity index (χ1n) is 5.02.